The summed E-state index contributed by atoms with van der Waals surface area (Å²) in [6.45, 7) is 9.09. The summed E-state index contributed by atoms with van der Waals surface area (Å²) in [5.41, 5.74) is 3.34. The third-order valence-electron chi connectivity index (χ3n) is 5.15. The van der Waals surface area contributed by atoms with Crippen molar-refractivity contribution in [1.82, 2.24) is 4.90 Å². The summed E-state index contributed by atoms with van der Waals surface area (Å²) in [5, 5.41) is 10.4. The van der Waals surface area contributed by atoms with Crippen LogP contribution in [0, 0.1) is 12.7 Å². The van der Waals surface area contributed by atoms with E-state index in [1.807, 2.05) is 18.2 Å². The summed E-state index contributed by atoms with van der Waals surface area (Å²) in [4.78, 5) is 2.14. The van der Waals surface area contributed by atoms with Crippen molar-refractivity contribution in [2.45, 2.75) is 38.9 Å². The molecule has 1 saturated heterocycles. The number of halogens is 1. The standard InChI is InChI=1S/C23H30FNO3/c1-16(2)22-8-7-21(11-17(22)3)28-15-20(26)13-25-9-10-27-23(14-25)18-5-4-6-19(24)12-18/h4-8,11-12,16,20,23,26H,9-10,13-15H2,1-3H3. The Bertz CT molecular complexity index is 780. The predicted octanol–water partition coefficient (Wildman–Crippen LogP) is 4.07. The van der Waals surface area contributed by atoms with E-state index < -0.39 is 6.10 Å². The summed E-state index contributed by atoms with van der Waals surface area (Å²) < 4.78 is 25.0. The summed E-state index contributed by atoms with van der Waals surface area (Å²) in [6, 6.07) is 12.6. The normalized spacial score (nSPS) is 19.0. The van der Waals surface area contributed by atoms with E-state index in [4.69, 9.17) is 9.47 Å². The fraction of sp³-hybridized carbons (Fsp3) is 0.478. The Balaban J connectivity index is 1.50. The smallest absolute Gasteiger partial charge is 0.123 e. The molecule has 1 aliphatic heterocycles. The van der Waals surface area contributed by atoms with Crippen molar-refractivity contribution >= 4 is 0 Å². The molecule has 1 aliphatic rings. The third kappa shape index (κ3) is 5.53. The molecule has 2 unspecified atom stereocenters. The summed E-state index contributed by atoms with van der Waals surface area (Å²) in [7, 11) is 0. The zero-order valence-corrected chi connectivity index (χ0v) is 16.9. The summed E-state index contributed by atoms with van der Waals surface area (Å²) >= 11 is 0. The Morgan fingerprint density at radius 3 is 2.79 bits per heavy atom. The van der Waals surface area contributed by atoms with Gasteiger partial charge in [0.05, 0.1) is 12.7 Å². The summed E-state index contributed by atoms with van der Waals surface area (Å²) in [6.07, 6.45) is -0.778. The van der Waals surface area contributed by atoms with Crippen LogP contribution in [0.1, 0.15) is 42.6 Å². The molecule has 1 fully saturated rings. The molecule has 0 radical (unpaired) electrons. The average Bonchev–Trinajstić information content (AvgIpc) is 2.66. The van der Waals surface area contributed by atoms with E-state index >= 15 is 0 Å². The van der Waals surface area contributed by atoms with E-state index in [2.05, 4.69) is 31.7 Å². The van der Waals surface area contributed by atoms with Crippen LogP contribution >= 0.6 is 0 Å². The first kappa shape index (κ1) is 20.8. The van der Waals surface area contributed by atoms with Gasteiger partial charge in [-0.1, -0.05) is 32.0 Å². The zero-order chi connectivity index (χ0) is 20.1. The topological polar surface area (TPSA) is 41.9 Å². The Morgan fingerprint density at radius 1 is 1.25 bits per heavy atom. The van der Waals surface area contributed by atoms with Gasteiger partial charge >= 0.3 is 0 Å². The number of morpholine rings is 1. The maximum absolute atomic E-state index is 13.5. The Morgan fingerprint density at radius 2 is 2.07 bits per heavy atom. The number of nitrogens with zero attached hydrogens (tertiary/aromatic N) is 1. The molecule has 0 saturated carbocycles. The van der Waals surface area contributed by atoms with Crippen LogP contribution in [0.4, 0.5) is 4.39 Å². The van der Waals surface area contributed by atoms with Gasteiger partial charge in [-0.05, 0) is 53.8 Å². The molecule has 5 heteroatoms. The number of aliphatic hydroxyl groups excluding tert-OH is 1. The highest BCUT2D eigenvalue weighted by Gasteiger charge is 2.24. The number of rotatable bonds is 7. The molecule has 152 valence electrons. The molecular weight excluding hydrogens is 357 g/mol. The Hall–Kier alpha value is -1.95. The van der Waals surface area contributed by atoms with E-state index in [1.54, 1.807) is 6.07 Å². The third-order valence-corrected chi connectivity index (χ3v) is 5.15. The fourth-order valence-corrected chi connectivity index (χ4v) is 3.71. The second kappa shape index (κ2) is 9.50. The van der Waals surface area contributed by atoms with E-state index in [0.717, 1.165) is 17.9 Å². The van der Waals surface area contributed by atoms with Gasteiger partial charge in [0.1, 0.15) is 24.3 Å². The van der Waals surface area contributed by atoms with Gasteiger partial charge in [0.15, 0.2) is 0 Å². The minimum absolute atomic E-state index is 0.177. The van der Waals surface area contributed by atoms with E-state index in [9.17, 15) is 9.50 Å². The van der Waals surface area contributed by atoms with Crippen LogP contribution < -0.4 is 4.74 Å². The van der Waals surface area contributed by atoms with Crippen molar-refractivity contribution in [2.75, 3.05) is 32.8 Å². The average molecular weight is 387 g/mol. The van der Waals surface area contributed by atoms with Crippen LogP contribution in [-0.2, 0) is 4.74 Å². The van der Waals surface area contributed by atoms with Gasteiger partial charge in [-0.3, -0.25) is 4.90 Å². The lowest BCUT2D eigenvalue weighted by molar-refractivity contribution is -0.0460. The molecule has 28 heavy (non-hydrogen) atoms. The molecule has 0 bridgehead atoms. The molecular formula is C23H30FNO3. The molecule has 0 spiro atoms. The molecule has 0 aliphatic carbocycles. The van der Waals surface area contributed by atoms with E-state index in [-0.39, 0.29) is 18.5 Å². The number of aliphatic hydroxyl groups is 1. The van der Waals surface area contributed by atoms with Crippen molar-refractivity contribution in [3.05, 3.63) is 65.0 Å². The molecule has 3 rings (SSSR count). The number of hydrogen-bond acceptors (Lipinski definition) is 4. The van der Waals surface area contributed by atoms with Crippen molar-refractivity contribution < 1.29 is 19.0 Å². The second-order valence-corrected chi connectivity index (χ2v) is 7.81. The first-order chi connectivity index (χ1) is 13.4. The molecule has 4 nitrogen and oxygen atoms in total. The van der Waals surface area contributed by atoms with Gasteiger partial charge in [0.25, 0.3) is 0 Å². The number of ether oxygens (including phenoxy) is 2. The largest absolute Gasteiger partial charge is 0.491 e. The fourth-order valence-electron chi connectivity index (χ4n) is 3.71. The first-order valence-electron chi connectivity index (χ1n) is 9.93. The highest BCUT2D eigenvalue weighted by Crippen LogP contribution is 2.24. The number of β-amino-alcohol motifs (C(OH)–C–C–N with tert-alkyl or cyclic N) is 1. The number of aryl methyl sites for hydroxylation is 1. The van der Waals surface area contributed by atoms with Crippen molar-refractivity contribution in [3.8, 4) is 5.75 Å². The van der Waals surface area contributed by atoms with Gasteiger partial charge < -0.3 is 14.6 Å². The van der Waals surface area contributed by atoms with Crippen molar-refractivity contribution in [1.29, 1.82) is 0 Å². The predicted molar refractivity (Wildman–Crippen MR) is 108 cm³/mol. The lowest BCUT2D eigenvalue weighted by Crippen LogP contribution is -2.43. The molecule has 2 aromatic rings. The van der Waals surface area contributed by atoms with Gasteiger partial charge in [0.2, 0.25) is 0 Å². The highest BCUT2D eigenvalue weighted by atomic mass is 19.1. The highest BCUT2D eigenvalue weighted by molar-refractivity contribution is 5.36. The van der Waals surface area contributed by atoms with Crippen LogP contribution in [-0.4, -0.2) is 49.0 Å². The maximum Gasteiger partial charge on any atom is 0.123 e. The van der Waals surface area contributed by atoms with Crippen LogP contribution in [0.15, 0.2) is 42.5 Å². The minimum Gasteiger partial charge on any atom is -0.491 e. The monoisotopic (exact) mass is 387 g/mol. The van der Waals surface area contributed by atoms with Gasteiger partial charge in [-0.25, -0.2) is 4.39 Å². The lowest BCUT2D eigenvalue weighted by Gasteiger charge is -2.34. The van der Waals surface area contributed by atoms with E-state index in [1.165, 1.54) is 23.3 Å². The van der Waals surface area contributed by atoms with Gasteiger partial charge in [-0.2, -0.15) is 0 Å². The van der Waals surface area contributed by atoms with Gasteiger partial charge in [-0.15, -0.1) is 0 Å². The molecule has 2 atom stereocenters. The SMILES string of the molecule is Cc1cc(OCC(O)CN2CCOC(c3cccc(F)c3)C2)ccc1C(C)C. The Kier molecular flexibility index (Phi) is 7.05. The molecule has 1 heterocycles. The van der Waals surface area contributed by atoms with E-state index in [0.29, 0.717) is 25.6 Å². The summed E-state index contributed by atoms with van der Waals surface area (Å²) in [5.74, 6) is 0.998. The maximum atomic E-state index is 13.5. The van der Waals surface area contributed by atoms with Crippen molar-refractivity contribution in [2.24, 2.45) is 0 Å². The van der Waals surface area contributed by atoms with Crippen LogP contribution in [0.25, 0.3) is 0 Å². The van der Waals surface area contributed by atoms with Crippen LogP contribution in [0.5, 0.6) is 5.75 Å². The zero-order valence-electron chi connectivity index (χ0n) is 16.9. The first-order valence-corrected chi connectivity index (χ1v) is 9.93. The number of hydrogen-bond donors (Lipinski definition) is 1. The lowest BCUT2D eigenvalue weighted by atomic mass is 9.98. The Labute approximate surface area is 166 Å². The molecule has 1 N–H and O–H groups in total. The van der Waals surface area contributed by atoms with Crippen LogP contribution in [0.2, 0.25) is 0 Å². The van der Waals surface area contributed by atoms with Crippen molar-refractivity contribution in [3.63, 3.8) is 0 Å². The minimum atomic E-state index is -0.601. The number of benzene rings is 2. The van der Waals surface area contributed by atoms with Gasteiger partial charge in [0, 0.05) is 19.6 Å². The molecule has 2 aromatic carbocycles. The quantitative estimate of drug-likeness (QED) is 0.778. The second-order valence-electron chi connectivity index (χ2n) is 7.81. The molecule has 0 aromatic heterocycles. The molecule has 0 amide bonds. The van der Waals surface area contributed by atoms with Crippen LogP contribution in [0.3, 0.4) is 0 Å².